The number of nitrogen functional groups attached to an aromatic ring is 1. The van der Waals surface area contributed by atoms with E-state index in [0.717, 1.165) is 41.4 Å². The summed E-state index contributed by atoms with van der Waals surface area (Å²) in [5, 5.41) is 8.38. The molecule has 0 aliphatic carbocycles. The molecule has 0 bridgehead atoms. The summed E-state index contributed by atoms with van der Waals surface area (Å²) in [6.07, 6.45) is 3.44. The number of hydrogen-bond acceptors (Lipinski definition) is 5. The van der Waals surface area contributed by atoms with Gasteiger partial charge in [-0.1, -0.05) is 6.07 Å². The summed E-state index contributed by atoms with van der Waals surface area (Å²) in [4.78, 5) is 0. The number of ether oxygens (including phenoxy) is 2. The molecule has 3 rings (SSSR count). The van der Waals surface area contributed by atoms with Crippen LogP contribution in [0.3, 0.4) is 0 Å². The summed E-state index contributed by atoms with van der Waals surface area (Å²) < 4.78 is 12.5. The number of nitrogens with two attached hydrogens (primary N) is 1. The summed E-state index contributed by atoms with van der Waals surface area (Å²) in [5.41, 5.74) is 8.47. The van der Waals surface area contributed by atoms with Crippen LogP contribution in [0.25, 0.3) is 5.65 Å². The lowest BCUT2D eigenvalue weighted by atomic mass is 10.1. The fourth-order valence-corrected chi connectivity index (χ4v) is 2.42. The Bertz CT molecular complexity index is 798. The maximum atomic E-state index is 5.82. The van der Waals surface area contributed by atoms with Crippen molar-refractivity contribution in [2.24, 2.45) is 0 Å². The van der Waals surface area contributed by atoms with Crippen LogP contribution < -0.4 is 15.2 Å². The van der Waals surface area contributed by atoms with Gasteiger partial charge < -0.3 is 15.2 Å². The highest BCUT2D eigenvalue weighted by Crippen LogP contribution is 2.28. The Hall–Kier alpha value is -2.76. The molecule has 114 valence electrons. The molecular formula is C16H18N4O2. The first kappa shape index (κ1) is 14.2. The number of methoxy groups -OCH3 is 2. The molecule has 0 unspecified atom stereocenters. The van der Waals surface area contributed by atoms with Gasteiger partial charge in [-0.2, -0.15) is 0 Å². The van der Waals surface area contributed by atoms with E-state index in [9.17, 15) is 0 Å². The standard InChI is InChI=1S/C16H18N4O2/c1-21-13-6-3-11(9-14(13)22-2)4-7-15-18-19-16-8-5-12(17)10-20(15)16/h3,5-6,8-10H,4,7,17H2,1-2H3. The van der Waals surface area contributed by atoms with Gasteiger partial charge in [0.1, 0.15) is 5.82 Å². The largest absolute Gasteiger partial charge is 0.493 e. The molecule has 0 atom stereocenters. The number of benzene rings is 1. The second-order valence-corrected chi connectivity index (χ2v) is 5.00. The van der Waals surface area contributed by atoms with Gasteiger partial charge in [0.05, 0.1) is 14.2 Å². The van der Waals surface area contributed by atoms with Gasteiger partial charge >= 0.3 is 0 Å². The van der Waals surface area contributed by atoms with E-state index in [0.29, 0.717) is 5.69 Å². The predicted octanol–water partition coefficient (Wildman–Crippen LogP) is 2.11. The van der Waals surface area contributed by atoms with E-state index in [1.54, 1.807) is 14.2 Å². The summed E-state index contributed by atoms with van der Waals surface area (Å²) >= 11 is 0. The Balaban J connectivity index is 1.80. The third-order valence-electron chi connectivity index (χ3n) is 3.58. The van der Waals surface area contributed by atoms with Crippen LogP contribution in [-0.4, -0.2) is 28.8 Å². The van der Waals surface area contributed by atoms with Crippen molar-refractivity contribution in [2.75, 3.05) is 20.0 Å². The van der Waals surface area contributed by atoms with E-state index in [-0.39, 0.29) is 0 Å². The molecule has 2 aromatic heterocycles. The maximum absolute atomic E-state index is 5.82. The highest BCUT2D eigenvalue weighted by molar-refractivity contribution is 5.47. The summed E-state index contributed by atoms with van der Waals surface area (Å²) in [5.74, 6) is 2.35. The molecule has 2 N–H and O–H groups in total. The average molecular weight is 298 g/mol. The first-order valence-electron chi connectivity index (χ1n) is 7.01. The molecular weight excluding hydrogens is 280 g/mol. The maximum Gasteiger partial charge on any atom is 0.160 e. The molecule has 0 saturated heterocycles. The highest BCUT2D eigenvalue weighted by atomic mass is 16.5. The molecule has 0 aliphatic heterocycles. The van der Waals surface area contributed by atoms with Gasteiger partial charge in [0.15, 0.2) is 17.1 Å². The number of aromatic nitrogens is 3. The molecule has 1 aromatic carbocycles. The number of nitrogens with zero attached hydrogens (tertiary/aromatic N) is 3. The van der Waals surface area contributed by atoms with Gasteiger partial charge in [0.2, 0.25) is 0 Å². The topological polar surface area (TPSA) is 74.7 Å². The molecule has 2 heterocycles. The lowest BCUT2D eigenvalue weighted by Crippen LogP contribution is -2.00. The van der Waals surface area contributed by atoms with Gasteiger partial charge in [-0.3, -0.25) is 4.40 Å². The van der Waals surface area contributed by atoms with Gasteiger partial charge in [0, 0.05) is 18.3 Å². The Kier molecular flexibility index (Phi) is 3.82. The van der Waals surface area contributed by atoms with Gasteiger partial charge in [-0.05, 0) is 36.2 Å². The van der Waals surface area contributed by atoms with Crippen molar-refractivity contribution >= 4 is 11.3 Å². The van der Waals surface area contributed by atoms with Crippen LogP contribution in [-0.2, 0) is 12.8 Å². The number of rotatable bonds is 5. The second-order valence-electron chi connectivity index (χ2n) is 5.00. The molecule has 22 heavy (non-hydrogen) atoms. The van der Waals surface area contributed by atoms with E-state index in [2.05, 4.69) is 10.2 Å². The minimum atomic E-state index is 0.694. The van der Waals surface area contributed by atoms with Crippen LogP contribution in [0, 0.1) is 0 Å². The van der Waals surface area contributed by atoms with Crippen molar-refractivity contribution < 1.29 is 9.47 Å². The number of pyridine rings is 1. The van der Waals surface area contributed by atoms with E-state index >= 15 is 0 Å². The quantitative estimate of drug-likeness (QED) is 0.781. The second kappa shape index (κ2) is 5.93. The lowest BCUT2D eigenvalue weighted by Gasteiger charge is -2.09. The van der Waals surface area contributed by atoms with Gasteiger partial charge in [0.25, 0.3) is 0 Å². The van der Waals surface area contributed by atoms with Crippen LogP contribution in [0.2, 0.25) is 0 Å². The third kappa shape index (κ3) is 2.67. The number of fused-ring (bicyclic) bond motifs is 1. The third-order valence-corrected chi connectivity index (χ3v) is 3.58. The monoisotopic (exact) mass is 298 g/mol. The summed E-state index contributed by atoms with van der Waals surface area (Å²) in [6.45, 7) is 0. The molecule has 0 saturated carbocycles. The molecule has 0 spiro atoms. The van der Waals surface area contributed by atoms with Crippen LogP contribution in [0.15, 0.2) is 36.5 Å². The number of anilines is 1. The summed E-state index contributed by atoms with van der Waals surface area (Å²) in [7, 11) is 3.26. The molecule has 0 radical (unpaired) electrons. The number of aryl methyl sites for hydroxylation is 2. The molecule has 0 aliphatic rings. The zero-order valence-electron chi connectivity index (χ0n) is 12.6. The lowest BCUT2D eigenvalue weighted by molar-refractivity contribution is 0.354. The normalized spacial score (nSPS) is 10.8. The SMILES string of the molecule is COc1ccc(CCc2nnc3ccc(N)cn23)cc1OC. The van der Waals surface area contributed by atoms with Crippen molar-refractivity contribution in [3.8, 4) is 11.5 Å². The molecule has 3 aromatic rings. The minimum Gasteiger partial charge on any atom is -0.493 e. The van der Waals surface area contributed by atoms with Crippen LogP contribution in [0.5, 0.6) is 11.5 Å². The zero-order valence-corrected chi connectivity index (χ0v) is 12.6. The van der Waals surface area contributed by atoms with E-state index in [1.807, 2.05) is 40.9 Å². The van der Waals surface area contributed by atoms with E-state index < -0.39 is 0 Å². The highest BCUT2D eigenvalue weighted by Gasteiger charge is 2.08. The molecule has 0 amide bonds. The van der Waals surface area contributed by atoms with Crippen molar-refractivity contribution in [2.45, 2.75) is 12.8 Å². The first-order valence-corrected chi connectivity index (χ1v) is 7.01. The van der Waals surface area contributed by atoms with Crippen LogP contribution in [0.1, 0.15) is 11.4 Å². The molecule has 6 nitrogen and oxygen atoms in total. The molecule has 6 heteroatoms. The van der Waals surface area contributed by atoms with Gasteiger partial charge in [-0.25, -0.2) is 0 Å². The number of hydrogen-bond donors (Lipinski definition) is 1. The van der Waals surface area contributed by atoms with Crippen molar-refractivity contribution in [1.82, 2.24) is 14.6 Å². The Morgan fingerprint density at radius 1 is 1.00 bits per heavy atom. The Labute approximate surface area is 128 Å². The predicted molar refractivity (Wildman–Crippen MR) is 84.4 cm³/mol. The average Bonchev–Trinajstić information content (AvgIpc) is 2.94. The summed E-state index contributed by atoms with van der Waals surface area (Å²) in [6, 6.07) is 9.60. The Morgan fingerprint density at radius 2 is 1.82 bits per heavy atom. The smallest absolute Gasteiger partial charge is 0.160 e. The van der Waals surface area contributed by atoms with Crippen molar-refractivity contribution in [3.05, 3.63) is 47.9 Å². The van der Waals surface area contributed by atoms with E-state index in [4.69, 9.17) is 15.2 Å². The van der Waals surface area contributed by atoms with Crippen LogP contribution in [0.4, 0.5) is 5.69 Å². The van der Waals surface area contributed by atoms with Crippen LogP contribution >= 0.6 is 0 Å². The van der Waals surface area contributed by atoms with E-state index in [1.165, 1.54) is 0 Å². The Morgan fingerprint density at radius 3 is 2.59 bits per heavy atom. The van der Waals surface area contributed by atoms with Crippen molar-refractivity contribution in [1.29, 1.82) is 0 Å². The van der Waals surface area contributed by atoms with Gasteiger partial charge in [-0.15, -0.1) is 10.2 Å². The fraction of sp³-hybridized carbons (Fsp3) is 0.250. The zero-order chi connectivity index (χ0) is 15.5. The minimum absolute atomic E-state index is 0.694. The molecule has 0 fully saturated rings. The first-order chi connectivity index (χ1) is 10.7. The van der Waals surface area contributed by atoms with Crippen molar-refractivity contribution in [3.63, 3.8) is 0 Å². The fourth-order valence-electron chi connectivity index (χ4n) is 2.42.